The van der Waals surface area contributed by atoms with E-state index in [1.165, 1.54) is 7.11 Å². The zero-order chi connectivity index (χ0) is 12.8. The number of methoxy groups -OCH3 is 1. The molecule has 6 heteroatoms. The van der Waals surface area contributed by atoms with E-state index in [1.54, 1.807) is 24.3 Å². The van der Waals surface area contributed by atoms with Gasteiger partial charge in [0.2, 0.25) is 0 Å². The molecule has 0 saturated heterocycles. The number of hydrogen-bond acceptors (Lipinski definition) is 4. The molecule has 1 N–H and O–H groups in total. The van der Waals surface area contributed by atoms with Crippen LogP contribution in [0.4, 0.5) is 4.79 Å². The Labute approximate surface area is 103 Å². The molecule has 0 aliphatic rings. The first kappa shape index (κ1) is 13.3. The largest absolute Gasteiger partial charge is 0.505 e. The van der Waals surface area contributed by atoms with E-state index in [0.29, 0.717) is 10.6 Å². The maximum Gasteiger partial charge on any atom is 0.505 e. The Morgan fingerprint density at radius 1 is 1.41 bits per heavy atom. The smallest absolute Gasteiger partial charge is 0.468 e. The fourth-order valence-electron chi connectivity index (χ4n) is 1.34. The minimum Gasteiger partial charge on any atom is -0.468 e. The van der Waals surface area contributed by atoms with Crippen LogP contribution in [0.5, 0.6) is 0 Å². The number of carbonyl (C=O) groups excluding carboxylic acids is 1. The van der Waals surface area contributed by atoms with E-state index in [0.717, 1.165) is 0 Å². The van der Waals surface area contributed by atoms with Crippen LogP contribution in [0.2, 0.25) is 5.02 Å². The highest BCUT2D eigenvalue weighted by Gasteiger charge is 2.25. The lowest BCUT2D eigenvalue weighted by molar-refractivity contribution is -0.143. The highest BCUT2D eigenvalue weighted by atomic mass is 35.5. The molecule has 0 aromatic heterocycles. The van der Waals surface area contributed by atoms with Gasteiger partial charge in [0.1, 0.15) is 12.5 Å². The van der Waals surface area contributed by atoms with Crippen molar-refractivity contribution >= 4 is 23.7 Å². The van der Waals surface area contributed by atoms with Gasteiger partial charge in [-0.3, -0.25) is 4.79 Å². The van der Waals surface area contributed by atoms with Gasteiger partial charge in [-0.2, -0.15) is 0 Å². The first-order valence-electron chi connectivity index (χ1n) is 4.74. The van der Waals surface area contributed by atoms with Crippen molar-refractivity contribution in [2.75, 3.05) is 13.7 Å². The van der Waals surface area contributed by atoms with E-state index in [1.807, 2.05) is 0 Å². The fraction of sp³-hybridized carbons (Fsp3) is 0.273. The molecule has 17 heavy (non-hydrogen) atoms. The zero-order valence-corrected chi connectivity index (χ0v) is 9.81. The molecule has 1 atom stereocenters. The second-order valence-corrected chi connectivity index (χ2v) is 3.58. The van der Waals surface area contributed by atoms with Gasteiger partial charge in [0.15, 0.2) is 0 Å². The molecule has 1 aromatic rings. The molecule has 0 fully saturated rings. The quantitative estimate of drug-likeness (QED) is 0.839. The summed E-state index contributed by atoms with van der Waals surface area (Å²) in [7, 11) is 1.22. The highest BCUT2D eigenvalue weighted by Crippen LogP contribution is 2.25. The average Bonchev–Trinajstić information content (AvgIpc) is 2.30. The summed E-state index contributed by atoms with van der Waals surface area (Å²) in [5, 5.41) is 8.78. The van der Waals surface area contributed by atoms with Crippen molar-refractivity contribution in [3.63, 3.8) is 0 Å². The minimum absolute atomic E-state index is 0.328. The van der Waals surface area contributed by atoms with E-state index in [9.17, 15) is 9.59 Å². The average molecular weight is 259 g/mol. The predicted octanol–water partition coefficient (Wildman–Crippen LogP) is 2.29. The number of benzene rings is 1. The van der Waals surface area contributed by atoms with Gasteiger partial charge in [0, 0.05) is 5.02 Å². The van der Waals surface area contributed by atoms with E-state index >= 15 is 0 Å². The van der Waals surface area contributed by atoms with Crippen LogP contribution in [-0.2, 0) is 14.3 Å². The van der Waals surface area contributed by atoms with Crippen LogP contribution in [-0.4, -0.2) is 30.9 Å². The van der Waals surface area contributed by atoms with Gasteiger partial charge in [-0.05, 0) is 11.6 Å². The number of carbonyl (C=O) groups is 2. The van der Waals surface area contributed by atoms with Crippen LogP contribution in [0.15, 0.2) is 24.3 Å². The SMILES string of the molecule is COC(=O)C(COC(=O)O)c1ccccc1Cl. The van der Waals surface area contributed by atoms with Crippen LogP contribution < -0.4 is 0 Å². The van der Waals surface area contributed by atoms with Crippen LogP contribution in [0.1, 0.15) is 11.5 Å². The molecule has 0 radical (unpaired) electrons. The van der Waals surface area contributed by atoms with Crippen LogP contribution >= 0.6 is 11.6 Å². The topological polar surface area (TPSA) is 72.8 Å². The highest BCUT2D eigenvalue weighted by molar-refractivity contribution is 6.31. The monoisotopic (exact) mass is 258 g/mol. The van der Waals surface area contributed by atoms with Crippen molar-refractivity contribution < 1.29 is 24.2 Å². The molecule has 0 saturated carbocycles. The molecule has 0 spiro atoms. The van der Waals surface area contributed by atoms with Crippen LogP contribution in [0, 0.1) is 0 Å². The lowest BCUT2D eigenvalue weighted by atomic mass is 10.0. The van der Waals surface area contributed by atoms with E-state index < -0.39 is 18.0 Å². The second kappa shape index (κ2) is 6.10. The first-order chi connectivity index (χ1) is 8.06. The summed E-state index contributed by atoms with van der Waals surface area (Å²) in [5.41, 5.74) is 0.474. The van der Waals surface area contributed by atoms with Crippen molar-refractivity contribution in [1.82, 2.24) is 0 Å². The van der Waals surface area contributed by atoms with Gasteiger partial charge in [-0.1, -0.05) is 29.8 Å². The summed E-state index contributed by atoms with van der Waals surface area (Å²) in [5.74, 6) is -1.45. The molecular weight excluding hydrogens is 248 g/mol. The lowest BCUT2D eigenvalue weighted by Gasteiger charge is -2.15. The third-order valence-corrected chi connectivity index (χ3v) is 2.48. The molecule has 1 aromatic carbocycles. The van der Waals surface area contributed by atoms with E-state index in [2.05, 4.69) is 9.47 Å². The van der Waals surface area contributed by atoms with Crippen molar-refractivity contribution in [3.8, 4) is 0 Å². The first-order valence-corrected chi connectivity index (χ1v) is 5.12. The number of hydrogen-bond donors (Lipinski definition) is 1. The predicted molar refractivity (Wildman–Crippen MR) is 60.2 cm³/mol. The molecular formula is C11H11ClO5. The summed E-state index contributed by atoms with van der Waals surface area (Å²) in [4.78, 5) is 21.8. The molecule has 5 nitrogen and oxygen atoms in total. The molecule has 1 unspecified atom stereocenters. The van der Waals surface area contributed by atoms with Gasteiger partial charge in [-0.25, -0.2) is 4.79 Å². The standard InChI is InChI=1S/C11H11ClO5/c1-16-10(13)8(6-17-11(14)15)7-4-2-3-5-9(7)12/h2-5,8H,6H2,1H3,(H,14,15). The number of ether oxygens (including phenoxy) is 2. The summed E-state index contributed by atoms with van der Waals surface area (Å²) >= 11 is 5.92. The van der Waals surface area contributed by atoms with Crippen molar-refractivity contribution in [3.05, 3.63) is 34.9 Å². The lowest BCUT2D eigenvalue weighted by Crippen LogP contribution is -2.21. The third kappa shape index (κ3) is 3.64. The molecule has 0 aliphatic heterocycles. The zero-order valence-electron chi connectivity index (χ0n) is 9.05. The van der Waals surface area contributed by atoms with Gasteiger partial charge in [0.05, 0.1) is 7.11 Å². The minimum atomic E-state index is -1.45. The Balaban J connectivity index is 2.94. The van der Waals surface area contributed by atoms with Gasteiger partial charge in [0.25, 0.3) is 0 Å². The van der Waals surface area contributed by atoms with Gasteiger partial charge in [-0.15, -0.1) is 0 Å². The number of halogens is 1. The summed E-state index contributed by atoms with van der Waals surface area (Å²) in [6, 6.07) is 6.62. The van der Waals surface area contributed by atoms with E-state index in [4.69, 9.17) is 16.7 Å². The van der Waals surface area contributed by atoms with Crippen molar-refractivity contribution in [1.29, 1.82) is 0 Å². The summed E-state index contributed by atoms with van der Waals surface area (Å²) in [6.07, 6.45) is -1.45. The van der Waals surface area contributed by atoms with Crippen molar-refractivity contribution in [2.45, 2.75) is 5.92 Å². The van der Waals surface area contributed by atoms with E-state index in [-0.39, 0.29) is 6.61 Å². The van der Waals surface area contributed by atoms with Crippen LogP contribution in [0.25, 0.3) is 0 Å². The summed E-state index contributed by atoms with van der Waals surface area (Å²) in [6.45, 7) is -0.328. The van der Waals surface area contributed by atoms with Gasteiger partial charge >= 0.3 is 12.1 Å². The second-order valence-electron chi connectivity index (χ2n) is 3.17. The molecule has 92 valence electrons. The molecule has 0 heterocycles. The Bertz CT molecular complexity index is 418. The normalized spacial score (nSPS) is 11.6. The molecule has 1 rings (SSSR count). The fourth-order valence-corrected chi connectivity index (χ4v) is 1.61. The maximum atomic E-state index is 11.5. The Morgan fingerprint density at radius 2 is 2.06 bits per heavy atom. The molecule has 0 bridgehead atoms. The molecule has 0 amide bonds. The maximum absolute atomic E-state index is 11.5. The third-order valence-electron chi connectivity index (χ3n) is 2.14. The number of esters is 1. The van der Waals surface area contributed by atoms with Gasteiger partial charge < -0.3 is 14.6 Å². The van der Waals surface area contributed by atoms with Crippen molar-refractivity contribution in [2.24, 2.45) is 0 Å². The Kier molecular flexibility index (Phi) is 4.78. The van der Waals surface area contributed by atoms with Crippen LogP contribution in [0.3, 0.4) is 0 Å². The molecule has 0 aliphatic carbocycles. The Hall–Kier alpha value is -1.75. The summed E-state index contributed by atoms with van der Waals surface area (Å²) < 4.78 is 8.98. The number of rotatable bonds is 4. The number of carboxylic acid groups (broad SMARTS) is 1. The Morgan fingerprint density at radius 3 is 2.59 bits per heavy atom.